The van der Waals surface area contributed by atoms with Gasteiger partial charge in [-0.05, 0) is 60.9 Å². The van der Waals surface area contributed by atoms with E-state index in [1.807, 2.05) is 24.3 Å². The quantitative estimate of drug-likeness (QED) is 0.325. The predicted octanol–water partition coefficient (Wildman–Crippen LogP) is 4.44. The molecule has 0 N–H and O–H groups in total. The molecule has 3 saturated heterocycles. The first-order valence-corrected chi connectivity index (χ1v) is 10.9. The number of non-ortho nitro benzene ring substituents is 1. The molecule has 3 aliphatic rings. The Bertz CT molecular complexity index is 1250. The van der Waals surface area contributed by atoms with Crippen LogP contribution in [0.1, 0.15) is 28.8 Å². The van der Waals surface area contributed by atoms with Crippen molar-refractivity contribution in [1.29, 1.82) is 0 Å². The summed E-state index contributed by atoms with van der Waals surface area (Å²) >= 11 is 0. The summed E-state index contributed by atoms with van der Waals surface area (Å²) in [5, 5.41) is 11.9. The van der Waals surface area contributed by atoms with Gasteiger partial charge in [-0.2, -0.15) is 0 Å². The van der Waals surface area contributed by atoms with E-state index in [9.17, 15) is 14.9 Å². The number of ether oxygens (including phenoxy) is 2. The smallest absolute Gasteiger partial charge is 0.338 e. The number of carbonyl (C=O) groups excluding carboxylic acids is 1. The van der Waals surface area contributed by atoms with Gasteiger partial charge < -0.3 is 14.4 Å². The Morgan fingerprint density at radius 1 is 1.15 bits per heavy atom. The van der Waals surface area contributed by atoms with Crippen molar-refractivity contribution in [3.8, 4) is 5.75 Å². The number of carbonyl (C=O) groups is 1. The molecule has 4 heterocycles. The first-order chi connectivity index (χ1) is 16.0. The Labute approximate surface area is 190 Å². The zero-order chi connectivity index (χ0) is 22.9. The predicted molar refractivity (Wildman–Crippen MR) is 123 cm³/mol. The van der Waals surface area contributed by atoms with E-state index >= 15 is 0 Å². The molecule has 0 spiro atoms. The van der Waals surface area contributed by atoms with Crippen LogP contribution in [0.2, 0.25) is 0 Å². The summed E-state index contributed by atoms with van der Waals surface area (Å²) in [6, 6.07) is 13.2. The molecule has 33 heavy (non-hydrogen) atoms. The Morgan fingerprint density at radius 2 is 1.91 bits per heavy atom. The van der Waals surface area contributed by atoms with E-state index in [0.717, 1.165) is 53.8 Å². The van der Waals surface area contributed by atoms with Crippen LogP contribution < -0.4 is 4.74 Å². The van der Waals surface area contributed by atoms with Crippen molar-refractivity contribution in [3.05, 3.63) is 81.7 Å². The van der Waals surface area contributed by atoms with Gasteiger partial charge in [0.05, 0.1) is 28.8 Å². The Balaban J connectivity index is 1.48. The maximum Gasteiger partial charge on any atom is 0.338 e. The third kappa shape index (κ3) is 4.00. The van der Waals surface area contributed by atoms with Crippen LogP contribution in [0.15, 0.2) is 60.4 Å². The Morgan fingerprint density at radius 3 is 2.61 bits per heavy atom. The second-order valence-corrected chi connectivity index (χ2v) is 8.31. The molecule has 2 bridgehead atoms. The number of nitro benzene ring substituents is 1. The van der Waals surface area contributed by atoms with E-state index in [4.69, 9.17) is 9.47 Å². The molecule has 1 unspecified atom stereocenters. The fourth-order valence-corrected chi connectivity index (χ4v) is 4.67. The molecule has 0 aliphatic carbocycles. The lowest BCUT2D eigenvalue weighted by molar-refractivity contribution is -0.384. The number of methoxy groups -OCH3 is 1. The highest BCUT2D eigenvalue weighted by atomic mass is 16.6. The lowest BCUT2D eigenvalue weighted by Crippen LogP contribution is -2.50. The lowest BCUT2D eigenvalue weighted by Gasteiger charge is -2.47. The fourth-order valence-electron chi connectivity index (χ4n) is 4.67. The van der Waals surface area contributed by atoms with Crippen LogP contribution in [0.4, 0.5) is 5.69 Å². The van der Waals surface area contributed by atoms with Crippen molar-refractivity contribution in [2.75, 3.05) is 20.2 Å². The highest BCUT2D eigenvalue weighted by Gasteiger charge is 2.40. The molecule has 0 amide bonds. The number of hydrogen-bond acceptors (Lipinski definition) is 7. The summed E-state index contributed by atoms with van der Waals surface area (Å²) in [7, 11) is 1.63. The molecule has 0 radical (unpaired) electrons. The average molecular weight is 445 g/mol. The molecule has 2 aromatic carbocycles. The summed E-state index contributed by atoms with van der Waals surface area (Å²) in [4.78, 5) is 30.0. The minimum Gasteiger partial charge on any atom is -0.497 e. The molecule has 0 saturated carbocycles. The van der Waals surface area contributed by atoms with Gasteiger partial charge in [0.15, 0.2) is 0 Å². The average Bonchev–Trinajstić information content (AvgIpc) is 2.86. The Kier molecular flexibility index (Phi) is 5.42. The molecular formula is C25H23N3O5. The molecule has 168 valence electrons. The number of piperidine rings is 3. The highest BCUT2D eigenvalue weighted by molar-refractivity contribution is 5.91. The number of rotatable bonds is 5. The minimum atomic E-state index is -0.489. The van der Waals surface area contributed by atoms with Crippen molar-refractivity contribution in [1.82, 2.24) is 9.88 Å². The van der Waals surface area contributed by atoms with Crippen LogP contribution in [-0.4, -0.2) is 47.1 Å². The van der Waals surface area contributed by atoms with Crippen LogP contribution in [0.5, 0.6) is 5.75 Å². The van der Waals surface area contributed by atoms with E-state index in [0.29, 0.717) is 5.56 Å². The van der Waals surface area contributed by atoms with Crippen molar-refractivity contribution in [3.63, 3.8) is 0 Å². The number of aromatic nitrogens is 1. The second-order valence-electron chi connectivity index (χ2n) is 8.31. The molecule has 8 nitrogen and oxygen atoms in total. The molecule has 1 atom stereocenters. The number of hydrogen-bond donors (Lipinski definition) is 0. The molecule has 6 rings (SSSR count). The first kappa shape index (κ1) is 20.9. The van der Waals surface area contributed by atoms with Gasteiger partial charge in [0, 0.05) is 42.7 Å². The topological polar surface area (TPSA) is 94.8 Å². The molecule has 3 aliphatic heterocycles. The highest BCUT2D eigenvalue weighted by Crippen LogP contribution is 2.39. The number of esters is 1. The number of fused-ring (bicyclic) bond motifs is 4. The van der Waals surface area contributed by atoms with Gasteiger partial charge in [0.25, 0.3) is 5.69 Å². The van der Waals surface area contributed by atoms with E-state index in [-0.39, 0.29) is 17.7 Å². The summed E-state index contributed by atoms with van der Waals surface area (Å²) in [6.07, 6.45) is 5.41. The second kappa shape index (κ2) is 8.54. The van der Waals surface area contributed by atoms with Gasteiger partial charge in [-0.3, -0.25) is 15.1 Å². The minimum absolute atomic E-state index is 0.0602. The van der Waals surface area contributed by atoms with E-state index < -0.39 is 10.9 Å². The van der Waals surface area contributed by atoms with Crippen LogP contribution in [0.3, 0.4) is 0 Å². The maximum absolute atomic E-state index is 12.9. The molecule has 3 fully saturated rings. The van der Waals surface area contributed by atoms with Crippen LogP contribution in [-0.2, 0) is 4.74 Å². The summed E-state index contributed by atoms with van der Waals surface area (Å²) in [5.74, 6) is 0.517. The number of benzene rings is 2. The third-order valence-corrected chi connectivity index (χ3v) is 6.46. The SMILES string of the molecule is COc1ccc2nccc(/C=C3\C(OC(=O)c4ccc([N+](=O)[O-])cc4)C4CCN3CC4)c2c1. The first-order valence-electron chi connectivity index (χ1n) is 10.9. The van der Waals surface area contributed by atoms with Crippen LogP contribution in [0, 0.1) is 16.0 Å². The zero-order valence-electron chi connectivity index (χ0n) is 18.1. The van der Waals surface area contributed by atoms with Crippen molar-refractivity contribution < 1.29 is 19.2 Å². The standard InChI is InChI=1S/C25H23N3O5/c1-32-20-6-7-22-21(15-20)18(8-11-26-22)14-23-24(16-9-12-27(23)13-10-16)33-25(29)17-2-4-19(5-3-17)28(30)31/h2-8,11,14-16,24H,9-10,12-13H2,1H3/b23-14+. The largest absolute Gasteiger partial charge is 0.497 e. The van der Waals surface area contributed by atoms with Crippen LogP contribution >= 0.6 is 0 Å². The molecule has 1 aromatic heterocycles. The van der Waals surface area contributed by atoms with Gasteiger partial charge in [0.1, 0.15) is 11.9 Å². The van der Waals surface area contributed by atoms with Crippen molar-refractivity contribution in [2.45, 2.75) is 18.9 Å². The van der Waals surface area contributed by atoms with Crippen molar-refractivity contribution in [2.24, 2.45) is 5.92 Å². The van der Waals surface area contributed by atoms with Gasteiger partial charge >= 0.3 is 5.97 Å². The normalized spacial score (nSPS) is 20.8. The number of pyridine rings is 1. The molecular weight excluding hydrogens is 422 g/mol. The fraction of sp³-hybridized carbons (Fsp3) is 0.280. The van der Waals surface area contributed by atoms with Crippen LogP contribution in [0.25, 0.3) is 17.0 Å². The van der Waals surface area contributed by atoms with Gasteiger partial charge in [-0.15, -0.1) is 0 Å². The van der Waals surface area contributed by atoms with Gasteiger partial charge in [-0.1, -0.05) is 0 Å². The zero-order valence-corrected chi connectivity index (χ0v) is 18.1. The Hall–Kier alpha value is -3.94. The van der Waals surface area contributed by atoms with Gasteiger partial charge in [0.2, 0.25) is 0 Å². The number of nitro groups is 1. The number of nitrogens with zero attached hydrogens (tertiary/aromatic N) is 3. The van der Waals surface area contributed by atoms with Crippen molar-refractivity contribution >= 4 is 28.6 Å². The third-order valence-electron chi connectivity index (χ3n) is 6.46. The lowest BCUT2D eigenvalue weighted by atomic mass is 9.82. The van der Waals surface area contributed by atoms with Gasteiger partial charge in [-0.25, -0.2) is 4.79 Å². The van der Waals surface area contributed by atoms with E-state index in [1.54, 1.807) is 13.3 Å². The molecule has 3 aromatic rings. The molecule has 8 heteroatoms. The van der Waals surface area contributed by atoms with E-state index in [2.05, 4.69) is 16.0 Å². The summed E-state index contributed by atoms with van der Waals surface area (Å²) in [6.45, 7) is 1.85. The maximum atomic E-state index is 12.9. The summed E-state index contributed by atoms with van der Waals surface area (Å²) < 4.78 is 11.4. The summed E-state index contributed by atoms with van der Waals surface area (Å²) in [5.41, 5.74) is 3.06. The monoisotopic (exact) mass is 445 g/mol. The van der Waals surface area contributed by atoms with E-state index in [1.165, 1.54) is 24.3 Å².